The average molecular weight is 287 g/mol. The molecule has 21 heavy (non-hydrogen) atoms. The normalized spacial score (nSPS) is 26.7. The molecule has 1 N–H and O–H groups in total. The number of likely N-dealkylation sites (tertiary alicyclic amines) is 1. The van der Waals surface area contributed by atoms with Gasteiger partial charge in [-0.2, -0.15) is 0 Å². The minimum absolute atomic E-state index is 0.667. The molecule has 0 aliphatic carbocycles. The Labute approximate surface area is 129 Å². The molecule has 116 valence electrons. The van der Waals surface area contributed by atoms with Crippen molar-refractivity contribution < 1.29 is 0 Å². The third-order valence-corrected chi connectivity index (χ3v) is 5.17. The van der Waals surface area contributed by atoms with E-state index in [1.54, 1.807) is 0 Å². The number of rotatable bonds is 3. The van der Waals surface area contributed by atoms with Crippen LogP contribution in [0.4, 0.5) is 5.69 Å². The molecule has 3 rings (SSSR count). The van der Waals surface area contributed by atoms with E-state index in [1.807, 2.05) is 0 Å². The van der Waals surface area contributed by atoms with Crippen molar-refractivity contribution in [2.75, 3.05) is 38.6 Å². The lowest BCUT2D eigenvalue weighted by atomic mass is 9.93. The summed E-state index contributed by atoms with van der Waals surface area (Å²) in [5, 5.41) is 3.79. The standard InChI is InChI=1S/C18H29N3/c1-14-13-20(2)10-8-17(14)19-12-15-6-7-18-16(11-15)5-4-9-21(18)3/h6-7,11,14,17,19H,4-5,8-10,12-13H2,1-3H3. The maximum Gasteiger partial charge on any atom is 0.0396 e. The van der Waals surface area contributed by atoms with Gasteiger partial charge in [0.05, 0.1) is 0 Å². The van der Waals surface area contributed by atoms with Crippen molar-refractivity contribution in [1.82, 2.24) is 10.2 Å². The van der Waals surface area contributed by atoms with Gasteiger partial charge in [0, 0.05) is 38.4 Å². The summed E-state index contributed by atoms with van der Waals surface area (Å²) in [5.41, 5.74) is 4.40. The Morgan fingerprint density at radius 1 is 1.24 bits per heavy atom. The SMILES string of the molecule is CC1CN(C)CCC1NCc1ccc2c(c1)CCCN2C. The van der Waals surface area contributed by atoms with Gasteiger partial charge in [0.25, 0.3) is 0 Å². The van der Waals surface area contributed by atoms with E-state index >= 15 is 0 Å². The van der Waals surface area contributed by atoms with Crippen LogP contribution in [0.25, 0.3) is 0 Å². The maximum atomic E-state index is 3.79. The third-order valence-electron chi connectivity index (χ3n) is 5.17. The number of hydrogen-bond donors (Lipinski definition) is 1. The molecule has 0 bridgehead atoms. The van der Waals surface area contributed by atoms with E-state index in [4.69, 9.17) is 0 Å². The second-order valence-electron chi connectivity index (χ2n) is 7.00. The molecule has 3 heteroatoms. The van der Waals surface area contributed by atoms with E-state index in [1.165, 1.54) is 55.7 Å². The highest BCUT2D eigenvalue weighted by Gasteiger charge is 2.23. The molecule has 2 aliphatic heterocycles. The summed E-state index contributed by atoms with van der Waals surface area (Å²) in [6.07, 6.45) is 3.79. The van der Waals surface area contributed by atoms with Gasteiger partial charge in [-0.05, 0) is 56.0 Å². The first-order valence-electron chi connectivity index (χ1n) is 8.38. The number of anilines is 1. The molecule has 0 saturated carbocycles. The minimum atomic E-state index is 0.667. The monoisotopic (exact) mass is 287 g/mol. The Bertz CT molecular complexity index is 485. The van der Waals surface area contributed by atoms with Gasteiger partial charge in [0.1, 0.15) is 0 Å². The van der Waals surface area contributed by atoms with Gasteiger partial charge in [-0.25, -0.2) is 0 Å². The second-order valence-corrected chi connectivity index (χ2v) is 7.00. The zero-order valence-electron chi connectivity index (χ0n) is 13.7. The predicted octanol–water partition coefficient (Wildman–Crippen LogP) is 2.50. The van der Waals surface area contributed by atoms with Crippen molar-refractivity contribution in [1.29, 1.82) is 0 Å². The van der Waals surface area contributed by atoms with Crippen LogP contribution in [0, 0.1) is 5.92 Å². The summed E-state index contributed by atoms with van der Waals surface area (Å²) < 4.78 is 0. The molecule has 1 saturated heterocycles. The van der Waals surface area contributed by atoms with Crippen molar-refractivity contribution in [3.8, 4) is 0 Å². The van der Waals surface area contributed by atoms with Crippen molar-refractivity contribution >= 4 is 5.69 Å². The van der Waals surface area contributed by atoms with Crippen LogP contribution in [0.3, 0.4) is 0 Å². The second kappa shape index (κ2) is 6.37. The Hall–Kier alpha value is -1.06. The number of aryl methyl sites for hydroxylation is 1. The molecule has 0 radical (unpaired) electrons. The van der Waals surface area contributed by atoms with Gasteiger partial charge in [0.2, 0.25) is 0 Å². The van der Waals surface area contributed by atoms with Crippen LogP contribution in [-0.2, 0) is 13.0 Å². The fourth-order valence-electron chi connectivity index (χ4n) is 3.85. The maximum absolute atomic E-state index is 3.79. The molecule has 2 heterocycles. The molecule has 1 fully saturated rings. The first-order valence-corrected chi connectivity index (χ1v) is 8.38. The average Bonchev–Trinajstić information content (AvgIpc) is 2.46. The Morgan fingerprint density at radius 2 is 2.10 bits per heavy atom. The molecule has 2 unspecified atom stereocenters. The molecule has 2 aliphatic rings. The van der Waals surface area contributed by atoms with Gasteiger partial charge < -0.3 is 15.1 Å². The number of piperidine rings is 1. The molecule has 0 amide bonds. The molecule has 2 atom stereocenters. The smallest absolute Gasteiger partial charge is 0.0396 e. The van der Waals surface area contributed by atoms with Crippen molar-refractivity contribution in [3.05, 3.63) is 29.3 Å². The number of nitrogens with one attached hydrogen (secondary N) is 1. The Balaban J connectivity index is 1.61. The first-order chi connectivity index (χ1) is 10.1. The third kappa shape index (κ3) is 3.41. The lowest BCUT2D eigenvalue weighted by Gasteiger charge is -2.35. The van der Waals surface area contributed by atoms with Crippen LogP contribution >= 0.6 is 0 Å². The van der Waals surface area contributed by atoms with Gasteiger partial charge >= 0.3 is 0 Å². The molecule has 0 spiro atoms. The highest BCUT2D eigenvalue weighted by Crippen LogP contribution is 2.27. The van der Waals surface area contributed by atoms with Crippen LogP contribution in [0.1, 0.15) is 30.9 Å². The molecule has 1 aromatic carbocycles. The molecule has 1 aromatic rings. The zero-order valence-corrected chi connectivity index (χ0v) is 13.7. The Kier molecular flexibility index (Phi) is 4.51. The highest BCUT2D eigenvalue weighted by molar-refractivity contribution is 5.56. The van der Waals surface area contributed by atoms with Crippen molar-refractivity contribution in [2.45, 2.75) is 38.8 Å². The number of nitrogens with zero attached hydrogens (tertiary/aromatic N) is 2. The Morgan fingerprint density at radius 3 is 2.90 bits per heavy atom. The summed E-state index contributed by atoms with van der Waals surface area (Å²) in [6.45, 7) is 7.01. The summed E-state index contributed by atoms with van der Waals surface area (Å²) in [4.78, 5) is 4.83. The quantitative estimate of drug-likeness (QED) is 0.921. The topological polar surface area (TPSA) is 18.5 Å². The van der Waals surface area contributed by atoms with Crippen LogP contribution < -0.4 is 10.2 Å². The van der Waals surface area contributed by atoms with E-state index in [-0.39, 0.29) is 0 Å². The van der Waals surface area contributed by atoms with E-state index in [0.29, 0.717) is 6.04 Å². The van der Waals surface area contributed by atoms with Gasteiger partial charge in [-0.1, -0.05) is 19.1 Å². The summed E-state index contributed by atoms with van der Waals surface area (Å²) >= 11 is 0. The first kappa shape index (κ1) is 14.9. The molecule has 0 aromatic heterocycles. The van der Waals surface area contributed by atoms with Crippen molar-refractivity contribution in [2.24, 2.45) is 5.92 Å². The lowest BCUT2D eigenvalue weighted by molar-refractivity contribution is 0.174. The van der Waals surface area contributed by atoms with E-state index < -0.39 is 0 Å². The molecular formula is C18H29N3. The van der Waals surface area contributed by atoms with Crippen LogP contribution in [0.5, 0.6) is 0 Å². The fraction of sp³-hybridized carbons (Fsp3) is 0.667. The van der Waals surface area contributed by atoms with E-state index in [9.17, 15) is 0 Å². The van der Waals surface area contributed by atoms with E-state index in [0.717, 1.165) is 12.5 Å². The fourth-order valence-corrected chi connectivity index (χ4v) is 3.85. The number of hydrogen-bond acceptors (Lipinski definition) is 3. The molecule has 3 nitrogen and oxygen atoms in total. The van der Waals surface area contributed by atoms with Gasteiger partial charge in [-0.3, -0.25) is 0 Å². The van der Waals surface area contributed by atoms with E-state index in [2.05, 4.69) is 54.3 Å². The summed E-state index contributed by atoms with van der Waals surface area (Å²) in [6, 6.07) is 7.69. The summed E-state index contributed by atoms with van der Waals surface area (Å²) in [5.74, 6) is 0.743. The van der Waals surface area contributed by atoms with Crippen LogP contribution in [0.15, 0.2) is 18.2 Å². The number of fused-ring (bicyclic) bond motifs is 1. The van der Waals surface area contributed by atoms with Gasteiger partial charge in [0.15, 0.2) is 0 Å². The van der Waals surface area contributed by atoms with Crippen molar-refractivity contribution in [3.63, 3.8) is 0 Å². The van der Waals surface area contributed by atoms with Crippen LogP contribution in [-0.4, -0.2) is 44.7 Å². The predicted molar refractivity (Wildman–Crippen MR) is 89.9 cm³/mol. The molecular weight excluding hydrogens is 258 g/mol. The van der Waals surface area contributed by atoms with Gasteiger partial charge in [-0.15, -0.1) is 0 Å². The number of benzene rings is 1. The largest absolute Gasteiger partial charge is 0.374 e. The minimum Gasteiger partial charge on any atom is -0.374 e. The highest BCUT2D eigenvalue weighted by atomic mass is 15.1. The zero-order chi connectivity index (χ0) is 14.8. The summed E-state index contributed by atoms with van der Waals surface area (Å²) in [7, 11) is 4.43. The lowest BCUT2D eigenvalue weighted by Crippen LogP contribution is -2.46. The van der Waals surface area contributed by atoms with Crippen LogP contribution in [0.2, 0.25) is 0 Å².